The van der Waals surface area contributed by atoms with Gasteiger partial charge in [0, 0.05) is 68.4 Å². The molecule has 0 aliphatic carbocycles. The number of hydrogen-bond acceptors (Lipinski definition) is 10. The van der Waals surface area contributed by atoms with Crippen LogP contribution in [0.1, 0.15) is 63.1 Å². The summed E-state index contributed by atoms with van der Waals surface area (Å²) in [5, 5.41) is 5.34. The Hall–Kier alpha value is -3.84. The van der Waals surface area contributed by atoms with Crippen LogP contribution in [0.25, 0.3) is 10.8 Å². The number of carbonyl (C=O) groups excluding carboxylic acids is 1. The number of halogens is 1. The SMILES string of the molecule is C=CC(=O)N1CCC[C@@H]1c1cc(N2CC(CS(C)(=O)=O)C2)c2cnc(Nc3ccnc(N4C[C@H](F)[C@H](OC)C[C@@H]4C)n3)cc2c1C(C)C. The fourth-order valence-corrected chi connectivity index (χ4v) is 8.74. The van der Waals surface area contributed by atoms with Crippen molar-refractivity contribution in [1.29, 1.82) is 0 Å². The maximum Gasteiger partial charge on any atom is 0.246 e. The summed E-state index contributed by atoms with van der Waals surface area (Å²) in [6.45, 7) is 12.2. The molecule has 13 heteroatoms. The highest BCUT2D eigenvalue weighted by atomic mass is 32.2. The summed E-state index contributed by atoms with van der Waals surface area (Å²) in [4.78, 5) is 32.9. The Balaban J connectivity index is 1.38. The first-order chi connectivity index (χ1) is 22.9. The average molecular weight is 680 g/mol. The molecule has 0 radical (unpaired) electrons. The summed E-state index contributed by atoms with van der Waals surface area (Å²) in [5.41, 5.74) is 3.24. The Morgan fingerprint density at radius 2 is 1.96 bits per heavy atom. The van der Waals surface area contributed by atoms with Crippen molar-refractivity contribution in [2.45, 2.75) is 70.3 Å². The number of amides is 1. The smallest absolute Gasteiger partial charge is 0.246 e. The maximum atomic E-state index is 14.8. The number of anilines is 4. The molecule has 5 heterocycles. The minimum atomic E-state index is -3.09. The van der Waals surface area contributed by atoms with Gasteiger partial charge >= 0.3 is 0 Å². The van der Waals surface area contributed by atoms with Gasteiger partial charge in [-0.2, -0.15) is 4.98 Å². The number of aromatic nitrogens is 3. The van der Waals surface area contributed by atoms with Gasteiger partial charge in [0.25, 0.3) is 0 Å². The van der Waals surface area contributed by atoms with E-state index in [2.05, 4.69) is 41.7 Å². The van der Waals surface area contributed by atoms with E-state index >= 15 is 0 Å². The highest BCUT2D eigenvalue weighted by Crippen LogP contribution is 2.45. The lowest BCUT2D eigenvalue weighted by atomic mass is 9.85. The monoisotopic (exact) mass is 679 g/mol. The molecule has 3 aliphatic heterocycles. The van der Waals surface area contributed by atoms with Crippen LogP contribution >= 0.6 is 0 Å². The normalized spacial score (nSPS) is 23.5. The highest BCUT2D eigenvalue weighted by Gasteiger charge is 2.37. The summed E-state index contributed by atoms with van der Waals surface area (Å²) in [6, 6.07) is 5.90. The summed E-state index contributed by atoms with van der Waals surface area (Å²) in [5.74, 6) is 1.84. The average Bonchev–Trinajstić information content (AvgIpc) is 3.52. The van der Waals surface area contributed by atoms with Gasteiger partial charge in [-0.05, 0) is 72.9 Å². The largest absolute Gasteiger partial charge is 0.378 e. The summed E-state index contributed by atoms with van der Waals surface area (Å²) >= 11 is 0. The number of sulfone groups is 1. The van der Waals surface area contributed by atoms with Gasteiger partial charge in [0.2, 0.25) is 11.9 Å². The molecule has 1 amide bonds. The first kappa shape index (κ1) is 34.0. The van der Waals surface area contributed by atoms with Crippen LogP contribution in [0.2, 0.25) is 0 Å². The van der Waals surface area contributed by atoms with Crippen LogP contribution in [0.15, 0.2) is 43.2 Å². The van der Waals surface area contributed by atoms with Gasteiger partial charge in [-0.3, -0.25) is 4.79 Å². The van der Waals surface area contributed by atoms with E-state index < -0.39 is 22.1 Å². The van der Waals surface area contributed by atoms with E-state index in [1.54, 1.807) is 12.3 Å². The standard InChI is InChI=1S/C35H46FN7O4S/c1-7-33(44)42-12-8-9-28(42)25-14-29(41-17-23(18-41)20-48(6,45)46)26-16-38-32(15-24(26)34(25)21(2)3)39-31-10-11-37-35(40-31)43-19-27(36)30(47-5)13-22(43)4/h7,10-11,14-16,21-23,27-28,30H,1,8-9,12-13,17-20H2,2-6H3,(H,37,38,39,40)/t22-,27-,28+,30+/m0/s1. The lowest BCUT2D eigenvalue weighted by Gasteiger charge is -2.42. The number of likely N-dealkylation sites (tertiary alicyclic amines) is 1. The van der Waals surface area contributed by atoms with Crippen molar-refractivity contribution < 1.29 is 22.3 Å². The summed E-state index contributed by atoms with van der Waals surface area (Å²) in [7, 11) is -1.55. The number of methoxy groups -OCH3 is 1. The second kappa shape index (κ2) is 13.6. The van der Waals surface area contributed by atoms with Crippen LogP contribution in [-0.4, -0.2) is 97.8 Å². The molecule has 0 saturated carbocycles. The lowest BCUT2D eigenvalue weighted by Crippen LogP contribution is -2.51. The van der Waals surface area contributed by atoms with Gasteiger partial charge in [0.1, 0.15) is 27.6 Å². The molecule has 0 bridgehead atoms. The van der Waals surface area contributed by atoms with Crippen LogP contribution in [0, 0.1) is 5.92 Å². The molecular weight excluding hydrogens is 633 g/mol. The molecule has 48 heavy (non-hydrogen) atoms. The van der Waals surface area contributed by atoms with Crippen LogP contribution < -0.4 is 15.1 Å². The molecular formula is C35H46FN7O4S. The van der Waals surface area contributed by atoms with Crippen molar-refractivity contribution >= 4 is 49.8 Å². The van der Waals surface area contributed by atoms with Gasteiger partial charge in [0.15, 0.2) is 0 Å². The van der Waals surface area contributed by atoms with Crippen LogP contribution in [-0.2, 0) is 19.4 Å². The third kappa shape index (κ3) is 6.84. The number of nitrogens with zero attached hydrogens (tertiary/aromatic N) is 6. The number of pyridine rings is 1. The molecule has 3 saturated heterocycles. The number of nitrogens with one attached hydrogen (secondary N) is 1. The third-order valence-electron chi connectivity index (χ3n) is 9.90. The van der Waals surface area contributed by atoms with Crippen molar-refractivity contribution in [2.24, 2.45) is 5.92 Å². The summed E-state index contributed by atoms with van der Waals surface area (Å²) < 4.78 is 44.1. The molecule has 3 aliphatic rings. The number of benzene rings is 1. The second-order valence-electron chi connectivity index (χ2n) is 13.8. The molecule has 3 aromatic rings. The van der Waals surface area contributed by atoms with Gasteiger partial charge in [-0.1, -0.05) is 20.4 Å². The van der Waals surface area contributed by atoms with E-state index in [0.29, 0.717) is 43.6 Å². The minimum Gasteiger partial charge on any atom is -0.378 e. The van der Waals surface area contributed by atoms with Crippen molar-refractivity contribution in [3.8, 4) is 0 Å². The quantitative estimate of drug-likeness (QED) is 0.287. The zero-order chi connectivity index (χ0) is 34.3. The van der Waals surface area contributed by atoms with Crippen molar-refractivity contribution in [3.05, 3.63) is 54.4 Å². The van der Waals surface area contributed by atoms with Gasteiger partial charge in [-0.25, -0.2) is 22.8 Å². The van der Waals surface area contributed by atoms with E-state index in [0.717, 1.165) is 40.4 Å². The lowest BCUT2D eigenvalue weighted by molar-refractivity contribution is -0.126. The number of alkyl halides is 1. The molecule has 1 aromatic carbocycles. The zero-order valence-corrected chi connectivity index (χ0v) is 29.2. The number of fused-ring (bicyclic) bond motifs is 1. The fraction of sp³-hybridized carbons (Fsp3) is 0.543. The van der Waals surface area contributed by atoms with Gasteiger partial charge < -0.3 is 24.8 Å². The first-order valence-electron chi connectivity index (χ1n) is 16.7. The van der Waals surface area contributed by atoms with E-state index in [1.807, 2.05) is 29.0 Å². The number of rotatable bonds is 10. The molecule has 258 valence electrons. The molecule has 6 rings (SSSR count). The fourth-order valence-electron chi connectivity index (χ4n) is 7.67. The first-order valence-corrected chi connectivity index (χ1v) is 18.8. The number of carbonyl (C=O) groups is 1. The van der Waals surface area contributed by atoms with E-state index in [1.165, 1.54) is 19.4 Å². The molecule has 3 fully saturated rings. The zero-order valence-electron chi connectivity index (χ0n) is 28.4. The molecule has 2 aromatic heterocycles. The molecule has 4 atom stereocenters. The van der Waals surface area contributed by atoms with Gasteiger partial charge in [-0.15, -0.1) is 0 Å². The van der Waals surface area contributed by atoms with Crippen LogP contribution in [0.5, 0.6) is 0 Å². The molecule has 11 nitrogen and oxygen atoms in total. The predicted octanol–water partition coefficient (Wildman–Crippen LogP) is 5.17. The Morgan fingerprint density at radius 1 is 1.19 bits per heavy atom. The van der Waals surface area contributed by atoms with E-state index in [-0.39, 0.29) is 42.1 Å². The Bertz CT molecular complexity index is 1800. The number of hydrogen-bond donors (Lipinski definition) is 1. The Labute approximate surface area is 282 Å². The van der Waals surface area contributed by atoms with Crippen LogP contribution in [0.3, 0.4) is 0 Å². The summed E-state index contributed by atoms with van der Waals surface area (Å²) in [6.07, 6.45) is 6.89. The minimum absolute atomic E-state index is 0.00287. The Morgan fingerprint density at radius 3 is 2.65 bits per heavy atom. The van der Waals surface area contributed by atoms with Gasteiger partial charge in [0.05, 0.1) is 24.4 Å². The Kier molecular flexibility index (Phi) is 9.63. The molecule has 0 unspecified atom stereocenters. The predicted molar refractivity (Wildman–Crippen MR) is 188 cm³/mol. The topological polar surface area (TPSA) is 121 Å². The second-order valence-corrected chi connectivity index (χ2v) is 16.0. The van der Waals surface area contributed by atoms with Crippen molar-refractivity contribution in [3.63, 3.8) is 0 Å². The van der Waals surface area contributed by atoms with Crippen molar-refractivity contribution in [2.75, 3.05) is 60.4 Å². The highest BCUT2D eigenvalue weighted by molar-refractivity contribution is 7.90. The number of piperidine rings is 1. The molecule has 1 N–H and O–H groups in total. The van der Waals surface area contributed by atoms with E-state index in [9.17, 15) is 17.6 Å². The molecule has 0 spiro atoms. The maximum absolute atomic E-state index is 14.8. The van der Waals surface area contributed by atoms with Crippen molar-refractivity contribution in [1.82, 2.24) is 19.9 Å². The number of ether oxygens (including phenoxy) is 1. The van der Waals surface area contributed by atoms with E-state index in [4.69, 9.17) is 14.7 Å². The van der Waals surface area contributed by atoms with Crippen LogP contribution in [0.4, 0.5) is 27.7 Å². The third-order valence-corrected chi connectivity index (χ3v) is 11.0.